The Kier molecular flexibility index (Phi) is 2.59. The summed E-state index contributed by atoms with van der Waals surface area (Å²) in [5.41, 5.74) is 0. The number of aliphatic hydroxyl groups excluding tert-OH is 1. The molecule has 3 rings (SSSR count). The second-order valence-electron chi connectivity index (χ2n) is 5.96. The highest BCUT2D eigenvalue weighted by molar-refractivity contribution is 5.04. The molecule has 104 valence electrons. The van der Waals surface area contributed by atoms with Crippen molar-refractivity contribution in [1.82, 2.24) is 0 Å². The van der Waals surface area contributed by atoms with Gasteiger partial charge >= 0.3 is 0 Å². The highest BCUT2D eigenvalue weighted by Gasteiger charge is 2.67. The van der Waals surface area contributed by atoms with E-state index in [1.54, 1.807) is 13.8 Å². The van der Waals surface area contributed by atoms with Gasteiger partial charge in [0.15, 0.2) is 11.6 Å². The van der Waals surface area contributed by atoms with Crippen LogP contribution in [0.5, 0.6) is 0 Å². The zero-order valence-electron chi connectivity index (χ0n) is 11.1. The lowest BCUT2D eigenvalue weighted by molar-refractivity contribution is -0.330. The van der Waals surface area contributed by atoms with Crippen LogP contribution in [-0.4, -0.2) is 54.0 Å². The van der Waals surface area contributed by atoms with E-state index in [2.05, 4.69) is 0 Å². The maximum atomic E-state index is 9.61. The van der Waals surface area contributed by atoms with Crippen molar-refractivity contribution in [2.24, 2.45) is 0 Å². The van der Waals surface area contributed by atoms with Crippen LogP contribution in [0, 0.1) is 0 Å². The van der Waals surface area contributed by atoms with Crippen molar-refractivity contribution in [3.05, 3.63) is 0 Å². The predicted octanol–water partition coefficient (Wildman–Crippen LogP) is 0.377. The van der Waals surface area contributed by atoms with E-state index >= 15 is 0 Å². The summed E-state index contributed by atoms with van der Waals surface area (Å²) in [5, 5.41) is 9.61. The lowest BCUT2D eigenvalue weighted by atomic mass is 10.0. The molecule has 0 bridgehead atoms. The summed E-state index contributed by atoms with van der Waals surface area (Å²) < 4.78 is 28.8. The van der Waals surface area contributed by atoms with Gasteiger partial charge in [-0.3, -0.25) is 0 Å². The molecule has 1 N–H and O–H groups in total. The molecule has 3 fully saturated rings. The topological polar surface area (TPSA) is 66.4 Å². The fourth-order valence-electron chi connectivity index (χ4n) is 2.89. The van der Waals surface area contributed by atoms with Crippen molar-refractivity contribution in [2.45, 2.75) is 63.4 Å². The molecule has 3 aliphatic heterocycles. The van der Waals surface area contributed by atoms with Crippen molar-refractivity contribution >= 4 is 0 Å². The van der Waals surface area contributed by atoms with Gasteiger partial charge in [0.1, 0.15) is 24.9 Å². The molecule has 0 saturated carbocycles. The molecule has 18 heavy (non-hydrogen) atoms. The van der Waals surface area contributed by atoms with Crippen molar-refractivity contribution < 1.29 is 28.8 Å². The minimum Gasteiger partial charge on any atom is -0.391 e. The molecule has 0 aliphatic carbocycles. The summed E-state index contributed by atoms with van der Waals surface area (Å²) in [6, 6.07) is 0. The Morgan fingerprint density at radius 3 is 2.44 bits per heavy atom. The molecule has 0 radical (unpaired) electrons. The second kappa shape index (κ2) is 3.65. The van der Waals surface area contributed by atoms with Crippen LogP contribution in [0.1, 0.15) is 27.7 Å². The first-order valence-corrected chi connectivity index (χ1v) is 6.25. The average molecular weight is 260 g/mol. The SMILES string of the molecule is CC1(C)OC[C@H]2O[C@@]3(CO)OC(C)(C)O[C@H]3[C@@H]2O1. The molecule has 3 aliphatic rings. The molecule has 0 aromatic heterocycles. The Balaban J connectivity index is 1.88. The Morgan fingerprint density at radius 2 is 1.78 bits per heavy atom. The largest absolute Gasteiger partial charge is 0.391 e. The lowest BCUT2D eigenvalue weighted by Gasteiger charge is -2.38. The van der Waals surface area contributed by atoms with Crippen molar-refractivity contribution in [3.63, 3.8) is 0 Å². The van der Waals surface area contributed by atoms with Crippen molar-refractivity contribution in [1.29, 1.82) is 0 Å². The van der Waals surface area contributed by atoms with Crippen molar-refractivity contribution in [3.8, 4) is 0 Å². The van der Waals surface area contributed by atoms with Crippen LogP contribution in [0.15, 0.2) is 0 Å². The fraction of sp³-hybridized carbons (Fsp3) is 1.00. The van der Waals surface area contributed by atoms with Crippen LogP contribution < -0.4 is 0 Å². The Bertz CT molecular complexity index is 354. The van der Waals surface area contributed by atoms with E-state index in [1.165, 1.54) is 0 Å². The summed E-state index contributed by atoms with van der Waals surface area (Å²) >= 11 is 0. The van der Waals surface area contributed by atoms with E-state index in [0.29, 0.717) is 6.61 Å². The lowest BCUT2D eigenvalue weighted by Crippen LogP contribution is -2.51. The average Bonchev–Trinajstić information content (AvgIpc) is 2.66. The van der Waals surface area contributed by atoms with E-state index in [-0.39, 0.29) is 18.8 Å². The normalized spacial score (nSPS) is 48.8. The Hall–Kier alpha value is -0.240. The van der Waals surface area contributed by atoms with Crippen LogP contribution in [-0.2, 0) is 23.7 Å². The number of rotatable bonds is 1. The van der Waals surface area contributed by atoms with Crippen LogP contribution in [0.4, 0.5) is 0 Å². The third-order valence-corrected chi connectivity index (χ3v) is 3.51. The molecule has 4 atom stereocenters. The maximum absolute atomic E-state index is 9.61. The molecular formula is C12H20O6. The number of fused-ring (bicyclic) bond motifs is 3. The van der Waals surface area contributed by atoms with Crippen LogP contribution in [0.25, 0.3) is 0 Å². The molecule has 3 heterocycles. The Morgan fingerprint density at radius 1 is 1.06 bits per heavy atom. The van der Waals surface area contributed by atoms with E-state index in [1.807, 2.05) is 13.8 Å². The van der Waals surface area contributed by atoms with E-state index in [0.717, 1.165) is 0 Å². The number of ether oxygens (including phenoxy) is 5. The van der Waals surface area contributed by atoms with Crippen LogP contribution in [0.3, 0.4) is 0 Å². The number of hydrogen-bond donors (Lipinski definition) is 1. The first-order valence-electron chi connectivity index (χ1n) is 6.25. The summed E-state index contributed by atoms with van der Waals surface area (Å²) in [5.74, 6) is -2.60. The van der Waals surface area contributed by atoms with Crippen LogP contribution in [0.2, 0.25) is 0 Å². The first-order chi connectivity index (χ1) is 8.27. The van der Waals surface area contributed by atoms with Gasteiger partial charge in [0.2, 0.25) is 5.79 Å². The van der Waals surface area contributed by atoms with Crippen molar-refractivity contribution in [2.75, 3.05) is 13.2 Å². The highest BCUT2D eigenvalue weighted by atomic mass is 16.9. The van der Waals surface area contributed by atoms with Gasteiger partial charge in [0.05, 0.1) is 6.61 Å². The second-order valence-corrected chi connectivity index (χ2v) is 5.96. The fourth-order valence-corrected chi connectivity index (χ4v) is 2.89. The molecule has 0 aromatic rings. The third-order valence-electron chi connectivity index (χ3n) is 3.51. The minimum absolute atomic E-state index is 0.266. The van der Waals surface area contributed by atoms with Gasteiger partial charge < -0.3 is 28.8 Å². The zero-order valence-corrected chi connectivity index (χ0v) is 11.1. The van der Waals surface area contributed by atoms with E-state index in [9.17, 15) is 5.11 Å². The van der Waals surface area contributed by atoms with Gasteiger partial charge in [-0.2, -0.15) is 0 Å². The smallest absolute Gasteiger partial charge is 0.224 e. The maximum Gasteiger partial charge on any atom is 0.224 e. The minimum atomic E-state index is -1.14. The monoisotopic (exact) mass is 260 g/mol. The predicted molar refractivity (Wildman–Crippen MR) is 59.6 cm³/mol. The summed E-state index contributed by atoms with van der Waals surface area (Å²) in [6.07, 6.45) is -1.00. The summed E-state index contributed by atoms with van der Waals surface area (Å²) in [4.78, 5) is 0. The molecule has 6 heteroatoms. The molecule has 0 aromatic carbocycles. The number of aliphatic hydroxyl groups is 1. The molecule has 0 unspecified atom stereocenters. The van der Waals surface area contributed by atoms with Gasteiger partial charge in [0, 0.05) is 0 Å². The molecular weight excluding hydrogens is 240 g/mol. The standard InChI is InChI=1S/C12H20O6/c1-10(2)14-5-7-8(16-10)9-12(6-13,15-7)18-11(3,4)17-9/h7-9,13H,5-6H2,1-4H3/t7-,8-,9+,12+/m1/s1. The highest BCUT2D eigenvalue weighted by Crippen LogP contribution is 2.48. The molecule has 3 saturated heterocycles. The first kappa shape index (κ1) is 12.8. The zero-order chi connectivity index (χ0) is 13.2. The third kappa shape index (κ3) is 1.79. The molecule has 6 nitrogen and oxygen atoms in total. The van der Waals surface area contributed by atoms with Gasteiger partial charge in [-0.05, 0) is 27.7 Å². The Labute approximate surface area is 106 Å². The quantitative estimate of drug-likeness (QED) is 0.735. The van der Waals surface area contributed by atoms with Gasteiger partial charge in [-0.15, -0.1) is 0 Å². The summed E-state index contributed by atoms with van der Waals surface area (Å²) in [6.45, 7) is 7.43. The van der Waals surface area contributed by atoms with E-state index < -0.39 is 23.5 Å². The van der Waals surface area contributed by atoms with Gasteiger partial charge in [0.25, 0.3) is 0 Å². The molecule has 0 amide bonds. The summed E-state index contributed by atoms with van der Waals surface area (Å²) in [7, 11) is 0. The number of hydrogen-bond acceptors (Lipinski definition) is 6. The van der Waals surface area contributed by atoms with Gasteiger partial charge in [-0.25, -0.2) is 0 Å². The van der Waals surface area contributed by atoms with Crippen LogP contribution >= 0.6 is 0 Å². The van der Waals surface area contributed by atoms with E-state index in [4.69, 9.17) is 23.7 Å². The molecule has 0 spiro atoms. The van der Waals surface area contributed by atoms with Gasteiger partial charge in [-0.1, -0.05) is 0 Å².